The smallest absolute Gasteiger partial charge is 0.254 e. The van der Waals surface area contributed by atoms with E-state index in [1.807, 2.05) is 24.3 Å². The molecule has 0 unspecified atom stereocenters. The minimum Gasteiger partial charge on any atom is -0.348 e. The molecule has 2 aromatic carbocycles. The summed E-state index contributed by atoms with van der Waals surface area (Å²) in [5, 5.41) is 2.69. The van der Waals surface area contributed by atoms with Crippen LogP contribution in [0.15, 0.2) is 48.5 Å². The number of amides is 1. The molecule has 4 heteroatoms. The van der Waals surface area contributed by atoms with Gasteiger partial charge >= 0.3 is 0 Å². The van der Waals surface area contributed by atoms with Gasteiger partial charge in [0.05, 0.1) is 12.1 Å². The number of hydrogen-bond acceptors (Lipinski definition) is 2. The van der Waals surface area contributed by atoms with Gasteiger partial charge in [0.25, 0.3) is 5.91 Å². The van der Waals surface area contributed by atoms with Crippen LogP contribution in [-0.2, 0) is 6.54 Å². The van der Waals surface area contributed by atoms with Crippen molar-refractivity contribution in [3.05, 3.63) is 71.0 Å². The molecule has 3 nitrogen and oxygen atoms in total. The second-order valence-electron chi connectivity index (χ2n) is 4.37. The summed E-state index contributed by atoms with van der Waals surface area (Å²) in [5.41, 5.74) is 7.09. The summed E-state index contributed by atoms with van der Waals surface area (Å²) in [7, 11) is 0. The maximum Gasteiger partial charge on any atom is 0.254 e. The Morgan fingerprint density at radius 1 is 1.19 bits per heavy atom. The van der Waals surface area contributed by atoms with Crippen LogP contribution in [0.5, 0.6) is 0 Å². The third kappa shape index (κ3) is 4.16. The first-order valence-electron chi connectivity index (χ1n) is 6.51. The zero-order chi connectivity index (χ0) is 15.1. The van der Waals surface area contributed by atoms with E-state index in [2.05, 4.69) is 17.2 Å². The van der Waals surface area contributed by atoms with Gasteiger partial charge in [0.2, 0.25) is 0 Å². The Kier molecular flexibility index (Phi) is 5.08. The first kappa shape index (κ1) is 14.8. The summed E-state index contributed by atoms with van der Waals surface area (Å²) in [6, 6.07) is 13.3. The molecule has 0 aromatic heterocycles. The highest BCUT2D eigenvalue weighted by molar-refractivity contribution is 5.94. The highest BCUT2D eigenvalue weighted by Crippen LogP contribution is 2.08. The molecule has 0 heterocycles. The molecule has 0 aliphatic rings. The van der Waals surface area contributed by atoms with Crippen molar-refractivity contribution < 1.29 is 9.18 Å². The third-order valence-corrected chi connectivity index (χ3v) is 2.83. The van der Waals surface area contributed by atoms with Gasteiger partial charge < -0.3 is 11.1 Å². The second kappa shape index (κ2) is 7.22. The lowest BCUT2D eigenvalue weighted by atomic mass is 10.1. The molecular weight excluding hydrogens is 267 g/mol. The predicted molar refractivity (Wildman–Crippen MR) is 79.9 cm³/mol. The predicted octanol–water partition coefficient (Wildman–Crippen LogP) is 2.07. The van der Waals surface area contributed by atoms with Gasteiger partial charge in [0, 0.05) is 12.1 Å². The number of hydrogen-bond donors (Lipinski definition) is 2. The van der Waals surface area contributed by atoms with E-state index in [4.69, 9.17) is 5.73 Å². The van der Waals surface area contributed by atoms with Crippen LogP contribution in [0, 0.1) is 17.7 Å². The molecule has 0 bridgehead atoms. The number of halogens is 1. The van der Waals surface area contributed by atoms with E-state index in [0.717, 1.165) is 11.1 Å². The summed E-state index contributed by atoms with van der Waals surface area (Å²) < 4.78 is 13.5. The highest BCUT2D eigenvalue weighted by Gasteiger charge is 2.09. The zero-order valence-corrected chi connectivity index (χ0v) is 11.4. The average molecular weight is 282 g/mol. The highest BCUT2D eigenvalue weighted by atomic mass is 19.1. The van der Waals surface area contributed by atoms with Crippen molar-refractivity contribution in [1.82, 2.24) is 5.32 Å². The van der Waals surface area contributed by atoms with Crippen molar-refractivity contribution in [2.45, 2.75) is 6.54 Å². The second-order valence-corrected chi connectivity index (χ2v) is 4.37. The molecule has 2 rings (SSSR count). The number of carbonyl (C=O) groups excluding carboxylic acids is 1. The molecule has 1 amide bonds. The SMILES string of the molecule is NCC#Cc1cccc(CNC(=O)c2ccccc2F)c1. The van der Waals surface area contributed by atoms with Gasteiger partial charge in [0.15, 0.2) is 0 Å². The van der Waals surface area contributed by atoms with E-state index in [9.17, 15) is 9.18 Å². The molecule has 0 atom stereocenters. The van der Waals surface area contributed by atoms with E-state index in [1.54, 1.807) is 12.1 Å². The quantitative estimate of drug-likeness (QED) is 0.847. The van der Waals surface area contributed by atoms with Gasteiger partial charge in [-0.15, -0.1) is 0 Å². The molecule has 0 fully saturated rings. The fourth-order valence-corrected chi connectivity index (χ4v) is 1.84. The molecule has 0 aliphatic heterocycles. The van der Waals surface area contributed by atoms with E-state index in [1.165, 1.54) is 12.1 Å². The Labute approximate surface area is 123 Å². The fourth-order valence-electron chi connectivity index (χ4n) is 1.84. The molecule has 0 spiro atoms. The lowest BCUT2D eigenvalue weighted by Gasteiger charge is -2.06. The van der Waals surface area contributed by atoms with Crippen LogP contribution in [0.2, 0.25) is 0 Å². The molecule has 2 aromatic rings. The van der Waals surface area contributed by atoms with Crippen molar-refractivity contribution >= 4 is 5.91 Å². The lowest BCUT2D eigenvalue weighted by Crippen LogP contribution is -2.23. The summed E-state index contributed by atoms with van der Waals surface area (Å²) >= 11 is 0. The topological polar surface area (TPSA) is 55.1 Å². The Morgan fingerprint density at radius 3 is 2.76 bits per heavy atom. The van der Waals surface area contributed by atoms with Crippen LogP contribution in [0.3, 0.4) is 0 Å². The largest absolute Gasteiger partial charge is 0.348 e. The minimum absolute atomic E-state index is 0.0385. The van der Waals surface area contributed by atoms with E-state index in [0.29, 0.717) is 13.1 Å². The molecule has 0 saturated heterocycles. The lowest BCUT2D eigenvalue weighted by molar-refractivity contribution is 0.0947. The van der Waals surface area contributed by atoms with Crippen LogP contribution in [-0.4, -0.2) is 12.5 Å². The van der Waals surface area contributed by atoms with Crippen molar-refractivity contribution in [2.24, 2.45) is 5.73 Å². The number of rotatable bonds is 3. The molecule has 0 radical (unpaired) electrons. The van der Waals surface area contributed by atoms with Crippen LogP contribution in [0.25, 0.3) is 0 Å². The standard InChI is InChI=1S/C17H15FN2O/c18-16-9-2-1-8-15(16)17(21)20-12-14-6-3-5-13(11-14)7-4-10-19/h1-3,5-6,8-9,11H,10,12,19H2,(H,20,21). The van der Waals surface area contributed by atoms with E-state index in [-0.39, 0.29) is 5.56 Å². The van der Waals surface area contributed by atoms with Gasteiger partial charge in [-0.3, -0.25) is 4.79 Å². The van der Waals surface area contributed by atoms with Crippen molar-refractivity contribution in [2.75, 3.05) is 6.54 Å². The maximum atomic E-state index is 13.5. The molecule has 3 N–H and O–H groups in total. The van der Waals surface area contributed by atoms with E-state index >= 15 is 0 Å². The van der Waals surface area contributed by atoms with Crippen LogP contribution >= 0.6 is 0 Å². The average Bonchev–Trinajstić information content (AvgIpc) is 2.51. The van der Waals surface area contributed by atoms with Gasteiger partial charge in [-0.25, -0.2) is 4.39 Å². The van der Waals surface area contributed by atoms with Crippen molar-refractivity contribution in [1.29, 1.82) is 0 Å². The summed E-state index contributed by atoms with van der Waals surface area (Å²) in [5.74, 6) is 4.73. The van der Waals surface area contributed by atoms with Gasteiger partial charge in [-0.05, 0) is 29.8 Å². The Hall–Kier alpha value is -2.64. The third-order valence-electron chi connectivity index (χ3n) is 2.83. The maximum absolute atomic E-state index is 13.5. The van der Waals surface area contributed by atoms with Gasteiger partial charge in [0.1, 0.15) is 5.82 Å². The number of nitrogens with two attached hydrogens (primary N) is 1. The first-order chi connectivity index (χ1) is 10.2. The van der Waals surface area contributed by atoms with Gasteiger partial charge in [-0.1, -0.05) is 36.1 Å². The molecule has 0 saturated carbocycles. The molecular formula is C17H15FN2O. The van der Waals surface area contributed by atoms with E-state index < -0.39 is 11.7 Å². The molecule has 0 aliphatic carbocycles. The zero-order valence-electron chi connectivity index (χ0n) is 11.4. The van der Waals surface area contributed by atoms with Gasteiger partial charge in [-0.2, -0.15) is 0 Å². The summed E-state index contributed by atoms with van der Waals surface area (Å²) in [6.07, 6.45) is 0. The number of nitrogens with one attached hydrogen (secondary N) is 1. The number of carbonyl (C=O) groups is 1. The summed E-state index contributed by atoms with van der Waals surface area (Å²) in [4.78, 5) is 11.9. The molecule has 21 heavy (non-hydrogen) atoms. The van der Waals surface area contributed by atoms with Crippen LogP contribution in [0.4, 0.5) is 4.39 Å². The monoisotopic (exact) mass is 282 g/mol. The van der Waals surface area contributed by atoms with Crippen molar-refractivity contribution in [3.63, 3.8) is 0 Å². The van der Waals surface area contributed by atoms with Crippen LogP contribution < -0.4 is 11.1 Å². The minimum atomic E-state index is -0.530. The summed E-state index contributed by atoms with van der Waals surface area (Å²) in [6.45, 7) is 0.611. The Bertz CT molecular complexity index is 701. The van der Waals surface area contributed by atoms with Crippen molar-refractivity contribution in [3.8, 4) is 11.8 Å². The fraction of sp³-hybridized carbons (Fsp3) is 0.118. The Balaban J connectivity index is 2.03. The normalized spacial score (nSPS) is 9.62. The number of benzene rings is 2. The van der Waals surface area contributed by atoms with Crippen LogP contribution in [0.1, 0.15) is 21.5 Å². The Morgan fingerprint density at radius 2 is 2.00 bits per heavy atom. The first-order valence-corrected chi connectivity index (χ1v) is 6.51. The molecule has 106 valence electrons.